The smallest absolute Gasteiger partial charge is 1.00 e. The second-order valence-electron chi connectivity index (χ2n) is 29.0. The van der Waals surface area contributed by atoms with Crippen LogP contribution in [0.5, 0.6) is 51.7 Å². The zero-order chi connectivity index (χ0) is 87.5. The molecule has 30 nitrogen and oxygen atoms in total. The van der Waals surface area contributed by atoms with Gasteiger partial charge in [-0.05, 0) is 54.7 Å². The van der Waals surface area contributed by atoms with E-state index in [4.69, 9.17) is 38.5 Å². The Hall–Kier alpha value is -5.91. The number of carboxylic acids is 1. The molecule has 0 unspecified atom stereocenters. The van der Waals surface area contributed by atoms with Crippen molar-refractivity contribution < 1.29 is 389 Å². The summed E-state index contributed by atoms with van der Waals surface area (Å²) in [6.07, 6.45) is 0.962. The molecule has 10 N–H and O–H groups in total. The van der Waals surface area contributed by atoms with E-state index in [1.807, 2.05) is 150 Å². The first-order chi connectivity index (χ1) is 58.0. The van der Waals surface area contributed by atoms with Crippen LogP contribution in [0.4, 0.5) is 0 Å². The predicted molar refractivity (Wildman–Crippen MR) is 459 cm³/mol. The summed E-state index contributed by atoms with van der Waals surface area (Å²) >= 11 is 0. The molecule has 4 aliphatic rings. The van der Waals surface area contributed by atoms with Crippen molar-refractivity contribution in [3.05, 3.63) is 298 Å². The van der Waals surface area contributed by atoms with Crippen LogP contribution in [0.1, 0.15) is 146 Å². The first kappa shape index (κ1) is 125. The molecule has 131 heavy (non-hydrogen) atoms. The summed E-state index contributed by atoms with van der Waals surface area (Å²) in [5.74, 6) is -4.17. The Bertz CT molecular complexity index is 5840. The molecular weight excluding hydrogens is 2090 g/mol. The average molecular weight is 2190 g/mol. The molecule has 7 heterocycles. The van der Waals surface area contributed by atoms with E-state index in [2.05, 4.69) is 92.6 Å². The molecule has 0 saturated heterocycles. The molecule has 0 radical (unpaired) electrons. The summed E-state index contributed by atoms with van der Waals surface area (Å²) in [7, 11) is 4.55. The summed E-state index contributed by atoms with van der Waals surface area (Å²) in [5.41, 5.74) is 9.26. The number of pyridine rings is 3. The van der Waals surface area contributed by atoms with Crippen LogP contribution in [-0.2, 0) is 46.4 Å². The number of nitrogens with one attached hydrogen (secondary N) is 2. The van der Waals surface area contributed by atoms with Crippen molar-refractivity contribution >= 4 is 41.3 Å². The molecule has 0 amide bonds. The van der Waals surface area contributed by atoms with Crippen LogP contribution in [0.15, 0.2) is 189 Å². The van der Waals surface area contributed by atoms with E-state index in [1.165, 1.54) is 17.2 Å². The number of hydrogen-bond acceptors (Lipinski definition) is 26. The molecule has 0 spiro atoms. The fourth-order valence-electron chi connectivity index (χ4n) is 13.7. The van der Waals surface area contributed by atoms with Crippen molar-refractivity contribution in [1.82, 2.24) is 14.5 Å². The molecule has 0 fully saturated rings. The number of benzene rings is 8. The van der Waals surface area contributed by atoms with Gasteiger partial charge in [0.15, 0.2) is 22.5 Å². The average Bonchev–Trinajstić information content (AvgIpc) is 1.73. The number of methoxy groups -OCH3 is 4. The van der Waals surface area contributed by atoms with E-state index in [9.17, 15) is 58.5 Å². The standard InChI is InChI=1S/C24H22NO5.C19H20NO.C17H16NO5.C16H14NO5.C12H10O.C7H10O5.HI.Li.4H2O.4Rb/c1-14-9-10-18-17(11-14)21-19(15(2)13-30-18)22(26)20(24(28)29-3)23(27)25(21)12-16-7-5-4-6-8-16;1-14-8-9-19-17(10-14)18(11-15(2)13-21-19)20-12-16-6-4-3-5-7-16;1-8-4-5-11-10(6-8)14-12(9(2)7-23-11)15(19)13(16(20)18-14)17(21)22-3;1-7-3-4-10-9(5-7)13-11(8(2)6-22-10)14(18)12(16(20)21)15(19)17-13;1-3-7-11(8-4-1)13-12-9-5-2-6-10-12;1-4(8)5(6(9)11-2)7(10)12-3;;;;;;;;;;/h4-8,10-11,15,26H,12-13H2,1-3H3;3-7,9-10,15H,11-13H2,1-2H3;5-6,9H,7H2,1-3H3,(H2,18,19,20);4-5,8H,6H2,1-2H3,(H,20,21)(H2,17,18,19);1-10H;5H,1-3H3;1H;;4*1H2;;;;/q4*-1;;;;+1;;;;;4*+1/p-5/t2*15-;9-;8-;;;;;;;;;;;;/m1011............/s1. The van der Waals surface area contributed by atoms with Gasteiger partial charge in [-0.3, -0.25) is 33.8 Å². The number of aromatic amines is 2. The van der Waals surface area contributed by atoms with Crippen molar-refractivity contribution in [3.63, 3.8) is 0 Å². The number of aliphatic imine (C=N–C) groups is 1. The predicted octanol–water partition coefficient (Wildman–Crippen LogP) is -3.61. The molecule has 4 aliphatic heterocycles. The summed E-state index contributed by atoms with van der Waals surface area (Å²) < 4.78 is 48.2. The van der Waals surface area contributed by atoms with Crippen molar-refractivity contribution in [3.8, 4) is 85.5 Å². The van der Waals surface area contributed by atoms with Crippen molar-refractivity contribution in [2.24, 2.45) is 16.8 Å². The van der Waals surface area contributed by atoms with Gasteiger partial charge in [0, 0.05) is 80.2 Å². The molecule has 0 aliphatic carbocycles. The molecule has 8 aromatic carbocycles. The van der Waals surface area contributed by atoms with Crippen molar-refractivity contribution in [1.29, 1.82) is 0 Å². The largest absolute Gasteiger partial charge is 1.00 e. The number of hydrogen-bond donors (Lipinski definition) is 6. The summed E-state index contributed by atoms with van der Waals surface area (Å²) in [6, 6.07) is 66.5. The molecule has 3 aromatic heterocycles. The number of aromatic nitrogens is 3. The van der Waals surface area contributed by atoms with Crippen LogP contribution < -0.4 is 316 Å². The first-order valence-corrected chi connectivity index (χ1v) is 38.5. The Labute approximate surface area is 983 Å². The van der Waals surface area contributed by atoms with Gasteiger partial charge in [0.1, 0.15) is 28.7 Å². The zero-order valence-corrected chi connectivity index (χ0v) is 98.0. The minimum Gasteiger partial charge on any atom is -1.00 e. The third-order valence-corrected chi connectivity index (χ3v) is 19.7. The third-order valence-electron chi connectivity index (χ3n) is 19.7. The Kier molecular flexibility index (Phi) is 57.2. The normalized spacial score (nSPS) is 13.9. The number of nitrogens with zero attached hydrogens (tertiary/aromatic N) is 2. The van der Waals surface area contributed by atoms with Crippen molar-refractivity contribution in [2.45, 2.75) is 99.6 Å². The number of aryl methyl sites for hydroxylation is 4. The molecule has 11 aromatic rings. The summed E-state index contributed by atoms with van der Waals surface area (Å²) in [6.45, 7) is 19.1. The van der Waals surface area contributed by atoms with E-state index in [-0.39, 0.29) is 358 Å². The number of ketones is 1. The maximum absolute atomic E-state index is 13.4. The number of aromatic carboxylic acids is 1. The van der Waals surface area contributed by atoms with E-state index in [1.54, 1.807) is 31.2 Å². The maximum Gasteiger partial charge on any atom is 1.00 e. The molecule has 15 rings (SSSR count). The molecule has 0 saturated carbocycles. The Morgan fingerprint density at radius 3 is 1.23 bits per heavy atom. The number of aromatic hydroxyl groups is 3. The van der Waals surface area contributed by atoms with Gasteiger partial charge in [0.25, 0.3) is 16.7 Å². The number of H-pyrrole nitrogens is 2. The second-order valence-corrected chi connectivity index (χ2v) is 29.0. The van der Waals surface area contributed by atoms with Gasteiger partial charge in [0.2, 0.25) is 5.92 Å². The molecule has 0 bridgehead atoms. The van der Waals surface area contributed by atoms with Crippen LogP contribution in [-0.4, -0.2) is 153 Å². The van der Waals surface area contributed by atoms with Gasteiger partial charge in [-0.2, -0.15) is 70.8 Å². The van der Waals surface area contributed by atoms with Gasteiger partial charge in [0.05, 0.1) is 68.0 Å². The number of esters is 4. The number of carbonyl (C=O) groups is 6. The minimum atomic E-state index is -1.46. The number of Topliss-reactive ketones (excluding diaryl/α,β-unsaturated/α-hetero) is 1. The quantitative estimate of drug-likeness (QED) is 0.0172. The first-order valence-electron chi connectivity index (χ1n) is 38.5. The van der Waals surface area contributed by atoms with Crippen LogP contribution >= 0.6 is 0 Å². The van der Waals surface area contributed by atoms with E-state index in [0.717, 1.165) is 104 Å². The third kappa shape index (κ3) is 32.4. The number of fused-ring (bicyclic) bond motifs is 10. The number of carboxylic acid groups (broad SMARTS) is 1. The molecule has 36 heteroatoms. The van der Waals surface area contributed by atoms with Crippen molar-refractivity contribution in [2.75, 3.05) is 54.9 Å². The minimum absolute atomic E-state index is 0. The fourth-order valence-corrected chi connectivity index (χ4v) is 13.7. The Balaban J connectivity index is 0.00000156. The number of rotatable bonds is 12. The van der Waals surface area contributed by atoms with Crippen LogP contribution in [0.2, 0.25) is 0 Å². The van der Waals surface area contributed by atoms with Gasteiger partial charge >= 0.3 is 281 Å². The van der Waals surface area contributed by atoms with Gasteiger partial charge in [-0.25, -0.2) is 14.4 Å². The molecular formula is C95H96ILiN4O26Rb4-4. The SMILES string of the molecule is COC(=O)C(C(C)=O)C(=O)OC.COC(=O)c1c(O)c2c([nH]c1=O)-c1cc(C)[c-]cc1OC[C@H]2C.COC(=O)c1c(O)c2c(n(Cc3ccccc3)c1=O)-c1cc(C)[c-]cc1OC[C@H]2C.Cc1[c-]cc2c(c1)-c1[nH]c(=O)c(C(=O)O)c(O)c1[C@H](C)CO2.Cc1[c-]cc2c(c1)C(=NCc1ccccc1)C[C@H](C)CO2.[I-].[Li+].[OH-].[OH-].[OH-].[OH-].[Rb+].[Rb+].[Rb+].[Rb+].c1ccc(Oc2ccccc2)cc1. The number of para-hydroxylation sites is 2. The Morgan fingerprint density at radius 1 is 0.481 bits per heavy atom. The number of ether oxygens (including phenoxy) is 9. The monoisotopic (exact) mass is 2180 g/mol. The molecule has 4 atom stereocenters. The zero-order valence-electron chi connectivity index (χ0n) is 76.2. The Morgan fingerprint density at radius 2 is 0.824 bits per heavy atom. The van der Waals surface area contributed by atoms with E-state index in [0.29, 0.717) is 80.2 Å². The number of carbonyl (C=O) groups excluding carboxylic acids is 5. The van der Waals surface area contributed by atoms with Gasteiger partial charge < -0.3 is 123 Å². The maximum atomic E-state index is 13.4. The van der Waals surface area contributed by atoms with E-state index < -0.39 is 69.5 Å². The fraction of sp³-hybridized carbons (Fsp3) is 0.263. The number of halogens is 1. The summed E-state index contributed by atoms with van der Waals surface area (Å²) in [4.78, 5) is 116. The topological polar surface area (TPSA) is 486 Å². The molecule has 668 valence electrons. The second kappa shape index (κ2) is 59.9. The van der Waals surface area contributed by atoms with E-state index >= 15 is 0 Å². The van der Waals surface area contributed by atoms with Gasteiger partial charge in [-0.1, -0.05) is 175 Å². The van der Waals surface area contributed by atoms with Gasteiger partial charge in [-0.15, -0.1) is 24.3 Å². The van der Waals surface area contributed by atoms with Crippen LogP contribution in [0, 0.1) is 63.8 Å². The van der Waals surface area contributed by atoms with Crippen LogP contribution in [0.3, 0.4) is 0 Å². The summed E-state index contributed by atoms with van der Waals surface area (Å²) in [5, 5.41) is 41.0. The van der Waals surface area contributed by atoms with Crippen LogP contribution in [0.25, 0.3) is 33.8 Å².